The van der Waals surface area contributed by atoms with Crippen LogP contribution >= 0.6 is 0 Å². The van der Waals surface area contributed by atoms with Gasteiger partial charge in [0.2, 0.25) is 0 Å². The van der Waals surface area contributed by atoms with Crippen LogP contribution < -0.4 is 5.73 Å². The first kappa shape index (κ1) is 10.6. The van der Waals surface area contributed by atoms with E-state index in [2.05, 4.69) is 23.4 Å². The minimum Gasteiger partial charge on any atom is -0.397 e. The highest BCUT2D eigenvalue weighted by atomic mass is 15.1. The highest BCUT2D eigenvalue weighted by molar-refractivity contribution is 5.75. The number of fused-ring (bicyclic) bond motifs is 1. The van der Waals surface area contributed by atoms with Crippen LogP contribution in [-0.2, 0) is 0 Å². The lowest BCUT2D eigenvalue weighted by Crippen LogP contribution is -2.16. The van der Waals surface area contributed by atoms with E-state index < -0.39 is 0 Å². The van der Waals surface area contributed by atoms with Crippen molar-refractivity contribution >= 4 is 16.9 Å². The molecular weight excluding hydrogens is 212 g/mol. The van der Waals surface area contributed by atoms with Gasteiger partial charge in [-0.3, -0.25) is 0 Å². The Labute approximate surface area is 101 Å². The summed E-state index contributed by atoms with van der Waals surface area (Å²) in [5.74, 6) is 1.81. The summed E-state index contributed by atoms with van der Waals surface area (Å²) in [7, 11) is 0. The zero-order chi connectivity index (χ0) is 12.0. The Morgan fingerprint density at radius 1 is 1.41 bits per heavy atom. The molecule has 90 valence electrons. The Morgan fingerprint density at radius 2 is 2.18 bits per heavy atom. The zero-order valence-corrected chi connectivity index (χ0v) is 10.3. The molecule has 0 atom stereocenters. The molecule has 3 rings (SSSR count). The third kappa shape index (κ3) is 1.59. The predicted octanol–water partition coefficient (Wildman–Crippen LogP) is 2.86. The Morgan fingerprint density at radius 3 is 2.76 bits per heavy atom. The number of rotatable bonds is 2. The van der Waals surface area contributed by atoms with E-state index in [4.69, 9.17) is 10.7 Å². The van der Waals surface area contributed by atoms with Crippen LogP contribution in [0.3, 0.4) is 0 Å². The smallest absolute Gasteiger partial charge is 0.160 e. The van der Waals surface area contributed by atoms with Gasteiger partial charge in [0.25, 0.3) is 0 Å². The van der Waals surface area contributed by atoms with Gasteiger partial charge in [0.15, 0.2) is 5.65 Å². The maximum Gasteiger partial charge on any atom is 0.160 e. The molecule has 0 aromatic carbocycles. The molecule has 2 aromatic rings. The quantitative estimate of drug-likeness (QED) is 0.863. The van der Waals surface area contributed by atoms with Crippen LogP contribution in [0, 0.1) is 0 Å². The largest absolute Gasteiger partial charge is 0.397 e. The molecule has 1 saturated carbocycles. The fraction of sp³-hybridized carbons (Fsp3) is 0.538. The average Bonchev–Trinajstić information content (AvgIpc) is 2.52. The summed E-state index contributed by atoms with van der Waals surface area (Å²) in [6.45, 7) is 4.36. The predicted molar refractivity (Wildman–Crippen MR) is 68.9 cm³/mol. The molecule has 1 aliphatic rings. The number of nitrogen functional groups attached to an aromatic ring is 1. The van der Waals surface area contributed by atoms with Crippen molar-refractivity contribution in [3.63, 3.8) is 0 Å². The molecule has 4 heteroatoms. The molecule has 0 radical (unpaired) electrons. The second-order valence-electron chi connectivity index (χ2n) is 5.17. The zero-order valence-electron chi connectivity index (χ0n) is 10.3. The van der Waals surface area contributed by atoms with Gasteiger partial charge in [-0.15, -0.1) is 0 Å². The second kappa shape index (κ2) is 3.72. The molecule has 0 amide bonds. The summed E-state index contributed by atoms with van der Waals surface area (Å²) in [5.41, 5.74) is 8.36. The van der Waals surface area contributed by atoms with Gasteiger partial charge < -0.3 is 10.3 Å². The fourth-order valence-electron chi connectivity index (χ4n) is 2.48. The van der Waals surface area contributed by atoms with Gasteiger partial charge in [-0.05, 0) is 32.8 Å². The number of aromatic nitrogens is 3. The minimum atomic E-state index is 0.395. The number of hydrogen-bond acceptors (Lipinski definition) is 3. The third-order valence-corrected chi connectivity index (χ3v) is 3.57. The van der Waals surface area contributed by atoms with Gasteiger partial charge in [0.05, 0.1) is 11.9 Å². The van der Waals surface area contributed by atoms with E-state index in [-0.39, 0.29) is 0 Å². The SMILES string of the molecule is CC(C)n1c(C2CCC2)nc2cc(N)cnc21. The molecule has 2 N–H and O–H groups in total. The first-order valence-electron chi connectivity index (χ1n) is 6.30. The Bertz CT molecular complexity index is 552. The van der Waals surface area contributed by atoms with E-state index in [0.717, 1.165) is 11.2 Å². The third-order valence-electron chi connectivity index (χ3n) is 3.57. The molecule has 0 unspecified atom stereocenters. The molecule has 1 fully saturated rings. The standard InChI is InChI=1S/C13H18N4/c1-8(2)17-12(9-4-3-5-9)16-11-6-10(14)7-15-13(11)17/h6-9H,3-5,14H2,1-2H3. The lowest BCUT2D eigenvalue weighted by molar-refractivity contribution is 0.381. The molecule has 0 saturated heterocycles. The number of hydrogen-bond donors (Lipinski definition) is 1. The minimum absolute atomic E-state index is 0.395. The van der Waals surface area contributed by atoms with Gasteiger partial charge in [0.1, 0.15) is 11.3 Å². The Hall–Kier alpha value is -1.58. The van der Waals surface area contributed by atoms with E-state index in [0.29, 0.717) is 17.6 Å². The highest BCUT2D eigenvalue weighted by Crippen LogP contribution is 2.38. The maximum atomic E-state index is 5.77. The number of imidazole rings is 1. The fourth-order valence-corrected chi connectivity index (χ4v) is 2.48. The van der Waals surface area contributed by atoms with Crippen LogP contribution in [0.2, 0.25) is 0 Å². The van der Waals surface area contributed by atoms with Gasteiger partial charge in [-0.25, -0.2) is 9.97 Å². The van der Waals surface area contributed by atoms with Crippen molar-refractivity contribution < 1.29 is 0 Å². The normalized spacial score (nSPS) is 16.6. The van der Waals surface area contributed by atoms with Crippen LogP contribution in [0.25, 0.3) is 11.2 Å². The van der Waals surface area contributed by atoms with Crippen molar-refractivity contribution in [1.29, 1.82) is 0 Å². The summed E-state index contributed by atoms with van der Waals surface area (Å²) >= 11 is 0. The monoisotopic (exact) mass is 230 g/mol. The maximum absolute atomic E-state index is 5.77. The molecule has 2 aromatic heterocycles. The second-order valence-corrected chi connectivity index (χ2v) is 5.17. The molecule has 0 spiro atoms. The summed E-state index contributed by atoms with van der Waals surface area (Å²) in [6, 6.07) is 2.32. The van der Waals surface area contributed by atoms with E-state index in [1.807, 2.05) is 6.07 Å². The molecule has 1 aliphatic carbocycles. The Balaban J connectivity index is 2.22. The van der Waals surface area contributed by atoms with Crippen LogP contribution in [0.4, 0.5) is 5.69 Å². The van der Waals surface area contributed by atoms with Crippen LogP contribution in [0.1, 0.15) is 50.9 Å². The van der Waals surface area contributed by atoms with Gasteiger partial charge in [0, 0.05) is 12.0 Å². The van der Waals surface area contributed by atoms with E-state index in [1.165, 1.54) is 25.1 Å². The van der Waals surface area contributed by atoms with Gasteiger partial charge in [-0.2, -0.15) is 0 Å². The highest BCUT2D eigenvalue weighted by Gasteiger charge is 2.27. The first-order valence-corrected chi connectivity index (χ1v) is 6.30. The van der Waals surface area contributed by atoms with Crippen molar-refractivity contribution in [3.8, 4) is 0 Å². The summed E-state index contributed by atoms with van der Waals surface area (Å²) in [6.07, 6.45) is 5.55. The topological polar surface area (TPSA) is 56.7 Å². The molecule has 0 aliphatic heterocycles. The lowest BCUT2D eigenvalue weighted by atomic mass is 9.84. The van der Waals surface area contributed by atoms with E-state index in [1.54, 1.807) is 6.20 Å². The van der Waals surface area contributed by atoms with Crippen LogP contribution in [0.15, 0.2) is 12.3 Å². The molecular formula is C13H18N4. The van der Waals surface area contributed by atoms with Crippen LogP contribution in [-0.4, -0.2) is 14.5 Å². The first-order chi connectivity index (χ1) is 8.16. The van der Waals surface area contributed by atoms with E-state index in [9.17, 15) is 0 Å². The number of nitrogens with two attached hydrogens (primary N) is 1. The number of nitrogens with zero attached hydrogens (tertiary/aromatic N) is 3. The molecule has 0 bridgehead atoms. The van der Waals surface area contributed by atoms with Crippen molar-refractivity contribution in [2.45, 2.75) is 45.1 Å². The van der Waals surface area contributed by atoms with E-state index >= 15 is 0 Å². The molecule has 17 heavy (non-hydrogen) atoms. The van der Waals surface area contributed by atoms with Crippen LogP contribution in [0.5, 0.6) is 0 Å². The van der Waals surface area contributed by atoms with Crippen molar-refractivity contribution in [3.05, 3.63) is 18.1 Å². The summed E-state index contributed by atoms with van der Waals surface area (Å²) in [4.78, 5) is 9.18. The summed E-state index contributed by atoms with van der Waals surface area (Å²) in [5, 5.41) is 0. The van der Waals surface area contributed by atoms with Crippen molar-refractivity contribution in [2.24, 2.45) is 0 Å². The lowest BCUT2D eigenvalue weighted by Gasteiger charge is -2.26. The molecule has 4 nitrogen and oxygen atoms in total. The Kier molecular flexibility index (Phi) is 2.31. The number of pyridine rings is 1. The van der Waals surface area contributed by atoms with Gasteiger partial charge >= 0.3 is 0 Å². The number of anilines is 1. The van der Waals surface area contributed by atoms with Gasteiger partial charge in [-0.1, -0.05) is 6.42 Å². The average molecular weight is 230 g/mol. The van der Waals surface area contributed by atoms with Crippen molar-refractivity contribution in [1.82, 2.24) is 14.5 Å². The van der Waals surface area contributed by atoms with Crippen molar-refractivity contribution in [2.75, 3.05) is 5.73 Å². The molecule has 2 heterocycles. The summed E-state index contributed by atoms with van der Waals surface area (Å²) < 4.78 is 2.26.